The van der Waals surface area contributed by atoms with E-state index in [2.05, 4.69) is 34.6 Å². The van der Waals surface area contributed by atoms with E-state index < -0.39 is 97.5 Å². The highest BCUT2D eigenvalue weighted by Crippen LogP contribution is 2.45. The monoisotopic (exact) mass is 1110 g/mol. The van der Waals surface area contributed by atoms with Gasteiger partial charge in [-0.3, -0.25) is 37.3 Å². The second-order valence-electron chi connectivity index (χ2n) is 20.6. The normalized spacial score (nSPS) is 14.8. The van der Waals surface area contributed by atoms with Crippen LogP contribution in [-0.4, -0.2) is 96.7 Å². The fraction of sp³-hybridized carbons (Fsp3) is 0.929. The van der Waals surface area contributed by atoms with Gasteiger partial charge >= 0.3 is 39.5 Å². The van der Waals surface area contributed by atoms with E-state index >= 15 is 0 Å². The Morgan fingerprint density at radius 1 is 0.373 bits per heavy atom. The Kier molecular flexibility index (Phi) is 49.0. The van der Waals surface area contributed by atoms with E-state index in [1.165, 1.54) is 83.5 Å². The number of ether oxygens (including phenoxy) is 4. The summed E-state index contributed by atoms with van der Waals surface area (Å²) in [5, 5.41) is 10.5. The van der Waals surface area contributed by atoms with Crippen molar-refractivity contribution in [3.63, 3.8) is 0 Å². The first-order valence-corrected chi connectivity index (χ1v) is 32.7. The van der Waals surface area contributed by atoms with Crippen molar-refractivity contribution in [1.29, 1.82) is 0 Å². The lowest BCUT2D eigenvalue weighted by Crippen LogP contribution is -2.30. The summed E-state index contributed by atoms with van der Waals surface area (Å²) in [5.74, 6) is -1.43. The van der Waals surface area contributed by atoms with Gasteiger partial charge in [0.25, 0.3) is 0 Å². The number of aliphatic hydroxyl groups excluding tert-OH is 1. The molecule has 0 saturated carbocycles. The first kappa shape index (κ1) is 73.1. The van der Waals surface area contributed by atoms with Crippen LogP contribution in [0.5, 0.6) is 0 Å². The molecular weight excluding hydrogens is 1010 g/mol. The Morgan fingerprint density at radius 3 is 0.947 bits per heavy atom. The van der Waals surface area contributed by atoms with Crippen LogP contribution in [0.3, 0.4) is 0 Å². The lowest BCUT2D eigenvalue weighted by Gasteiger charge is -2.21. The molecule has 0 aromatic carbocycles. The maximum Gasteiger partial charge on any atom is 0.472 e. The van der Waals surface area contributed by atoms with E-state index in [-0.39, 0.29) is 25.7 Å². The van der Waals surface area contributed by atoms with Crippen LogP contribution in [0.1, 0.15) is 272 Å². The Bertz CT molecular complexity index is 1490. The summed E-state index contributed by atoms with van der Waals surface area (Å²) in [6.45, 7) is 7.01. The summed E-state index contributed by atoms with van der Waals surface area (Å²) in [6.07, 6.45) is 30.8. The van der Waals surface area contributed by atoms with E-state index in [0.717, 1.165) is 109 Å². The molecule has 3 N–H and O–H groups in total. The quantitative estimate of drug-likeness (QED) is 0.0222. The number of phosphoric acid groups is 2. The zero-order valence-corrected chi connectivity index (χ0v) is 49.5. The van der Waals surface area contributed by atoms with Gasteiger partial charge in [0.15, 0.2) is 12.2 Å². The van der Waals surface area contributed by atoms with E-state index in [0.29, 0.717) is 25.7 Å². The molecule has 0 rings (SSSR count). The molecule has 17 nitrogen and oxygen atoms in total. The first-order chi connectivity index (χ1) is 36.1. The van der Waals surface area contributed by atoms with E-state index in [1.54, 1.807) is 0 Å². The minimum Gasteiger partial charge on any atom is -0.462 e. The Hall–Kier alpha value is -1.94. The van der Waals surface area contributed by atoms with Gasteiger partial charge in [-0.25, -0.2) is 9.13 Å². The second-order valence-corrected chi connectivity index (χ2v) is 23.5. The lowest BCUT2D eigenvalue weighted by atomic mass is 10.00. The van der Waals surface area contributed by atoms with E-state index in [9.17, 15) is 43.2 Å². The Balaban J connectivity index is 5.22. The summed E-state index contributed by atoms with van der Waals surface area (Å²) in [6, 6.07) is 0. The number of unbranched alkanes of at least 4 members (excludes halogenated alkanes) is 27. The van der Waals surface area contributed by atoms with E-state index in [1.807, 2.05) is 0 Å². The van der Waals surface area contributed by atoms with Crippen LogP contribution in [0.4, 0.5) is 0 Å². The van der Waals surface area contributed by atoms with Crippen LogP contribution >= 0.6 is 15.6 Å². The predicted molar refractivity (Wildman–Crippen MR) is 294 cm³/mol. The van der Waals surface area contributed by atoms with Crippen LogP contribution in [0.25, 0.3) is 0 Å². The van der Waals surface area contributed by atoms with Crippen molar-refractivity contribution in [1.82, 2.24) is 0 Å². The zero-order valence-electron chi connectivity index (χ0n) is 47.7. The molecule has 0 aromatic heterocycles. The number of phosphoric ester groups is 2. The molecule has 0 heterocycles. The minimum atomic E-state index is -4.93. The van der Waals surface area contributed by atoms with Gasteiger partial charge < -0.3 is 33.8 Å². The average molecular weight is 1120 g/mol. The molecule has 0 aliphatic heterocycles. The first-order valence-electron chi connectivity index (χ1n) is 29.7. The van der Waals surface area contributed by atoms with Crippen molar-refractivity contribution in [3.05, 3.63) is 0 Å². The highest BCUT2D eigenvalue weighted by Gasteiger charge is 2.30. The third-order valence-corrected chi connectivity index (χ3v) is 15.0. The fourth-order valence-corrected chi connectivity index (χ4v) is 9.71. The molecule has 0 bridgehead atoms. The van der Waals surface area contributed by atoms with Gasteiger partial charge in [-0.1, -0.05) is 221 Å². The molecule has 0 fully saturated rings. The van der Waals surface area contributed by atoms with Gasteiger partial charge in [-0.2, -0.15) is 0 Å². The van der Waals surface area contributed by atoms with Crippen LogP contribution in [-0.2, 0) is 65.4 Å². The number of carbonyl (C=O) groups excluding carboxylic acids is 4. The molecule has 19 heteroatoms. The zero-order chi connectivity index (χ0) is 55.7. The maximum atomic E-state index is 12.9. The number of aliphatic hydroxyl groups is 1. The highest BCUT2D eigenvalue weighted by molar-refractivity contribution is 7.47. The second kappa shape index (κ2) is 50.3. The number of hydrogen-bond acceptors (Lipinski definition) is 15. The van der Waals surface area contributed by atoms with Crippen molar-refractivity contribution < 1.29 is 80.2 Å². The summed E-state index contributed by atoms with van der Waals surface area (Å²) < 4.78 is 67.5. The maximum absolute atomic E-state index is 12.9. The van der Waals surface area contributed by atoms with Gasteiger partial charge in [0.2, 0.25) is 0 Å². The van der Waals surface area contributed by atoms with Crippen LogP contribution in [0, 0.1) is 5.92 Å². The molecule has 6 atom stereocenters. The van der Waals surface area contributed by atoms with Crippen molar-refractivity contribution in [2.45, 2.75) is 291 Å². The van der Waals surface area contributed by atoms with Crippen molar-refractivity contribution >= 4 is 39.5 Å². The third kappa shape index (κ3) is 50.1. The minimum absolute atomic E-state index is 0.103. The van der Waals surface area contributed by atoms with Gasteiger partial charge in [0.1, 0.15) is 19.3 Å². The third-order valence-electron chi connectivity index (χ3n) is 13.1. The van der Waals surface area contributed by atoms with E-state index in [4.69, 9.17) is 37.0 Å². The molecule has 0 saturated heterocycles. The van der Waals surface area contributed by atoms with Gasteiger partial charge in [-0.15, -0.1) is 0 Å². The molecule has 0 radical (unpaired) electrons. The Labute approximate surface area is 454 Å². The van der Waals surface area contributed by atoms with Crippen LogP contribution in [0.15, 0.2) is 0 Å². The molecule has 0 aliphatic rings. The van der Waals surface area contributed by atoms with Crippen LogP contribution in [0.2, 0.25) is 0 Å². The summed E-state index contributed by atoms with van der Waals surface area (Å²) in [4.78, 5) is 71.6. The summed E-state index contributed by atoms with van der Waals surface area (Å²) >= 11 is 0. The number of rotatable bonds is 56. The van der Waals surface area contributed by atoms with Gasteiger partial charge in [0, 0.05) is 25.7 Å². The molecule has 0 aliphatic carbocycles. The molecule has 0 amide bonds. The topological polar surface area (TPSA) is 237 Å². The van der Waals surface area contributed by atoms with Crippen molar-refractivity contribution in [2.75, 3.05) is 39.6 Å². The molecular formula is C56H108O17P2. The van der Waals surface area contributed by atoms with Crippen LogP contribution < -0.4 is 0 Å². The highest BCUT2D eigenvalue weighted by atomic mass is 31.2. The average Bonchev–Trinajstić information content (AvgIpc) is 3.38. The number of esters is 4. The SMILES string of the molecule is CCCCCCCCCCCC(=O)OC[C@H](COP(=O)(O)OC[C@@H](O)COP(=O)(O)OC[C@@H](COC(=O)CCCCCCCCCC)OC(=O)CCCCCCCCCC)OC(=O)CCCCCCCCC(C)CC. The lowest BCUT2D eigenvalue weighted by molar-refractivity contribution is -0.161. The van der Waals surface area contributed by atoms with Gasteiger partial charge in [0.05, 0.1) is 26.4 Å². The smallest absolute Gasteiger partial charge is 0.462 e. The Morgan fingerprint density at radius 2 is 0.640 bits per heavy atom. The number of hydrogen-bond donors (Lipinski definition) is 3. The standard InChI is InChI=1S/C56H108O17P2/c1-6-10-13-16-19-22-25-30-35-40-54(59)67-46-52(73-56(61)42-37-32-27-26-28-33-38-49(5)9-4)48-71-75(64,65)69-44-50(57)43-68-74(62,63)70-47-51(72-55(60)41-36-31-24-21-18-15-12-8-3)45-66-53(58)39-34-29-23-20-17-14-11-7-2/h49-52,57H,6-48H2,1-5H3,(H,62,63)(H,64,65)/t49?,50-,51+,52+/m0/s1. The molecule has 75 heavy (non-hydrogen) atoms. The fourth-order valence-electron chi connectivity index (χ4n) is 8.14. The van der Waals surface area contributed by atoms with Gasteiger partial charge in [-0.05, 0) is 31.6 Å². The molecule has 0 spiro atoms. The molecule has 0 aromatic rings. The largest absolute Gasteiger partial charge is 0.472 e. The molecule has 3 unspecified atom stereocenters. The van der Waals surface area contributed by atoms with Crippen molar-refractivity contribution in [3.8, 4) is 0 Å². The summed E-state index contributed by atoms with van der Waals surface area (Å²) in [5.41, 5.74) is 0. The number of carbonyl (C=O) groups is 4. The predicted octanol–water partition coefficient (Wildman–Crippen LogP) is 14.7. The molecule has 444 valence electrons. The summed E-state index contributed by atoms with van der Waals surface area (Å²) in [7, 11) is -9.86. The van der Waals surface area contributed by atoms with Crippen molar-refractivity contribution in [2.24, 2.45) is 5.92 Å².